The van der Waals surface area contributed by atoms with Gasteiger partial charge in [0.1, 0.15) is 5.82 Å². The third-order valence-electron chi connectivity index (χ3n) is 2.47. The van der Waals surface area contributed by atoms with Crippen LogP contribution < -0.4 is 5.73 Å². The smallest absolute Gasteiger partial charge is 0.137 e. The minimum absolute atomic E-state index is 0.653. The Balaban J connectivity index is 2.27. The highest BCUT2D eigenvalue weighted by molar-refractivity contribution is 7.99. The maximum absolute atomic E-state index is 5.94. The van der Waals surface area contributed by atoms with Crippen molar-refractivity contribution in [1.29, 1.82) is 0 Å². The van der Waals surface area contributed by atoms with E-state index in [9.17, 15) is 0 Å². The van der Waals surface area contributed by atoms with Crippen molar-refractivity contribution in [2.45, 2.75) is 24.7 Å². The predicted molar refractivity (Wildman–Crippen MR) is 71.8 cm³/mol. The Morgan fingerprint density at radius 2 is 2.12 bits per heavy atom. The van der Waals surface area contributed by atoms with Gasteiger partial charge in [0.15, 0.2) is 0 Å². The normalized spacial score (nSPS) is 10.8. The van der Waals surface area contributed by atoms with Crippen molar-refractivity contribution in [1.82, 2.24) is 4.98 Å². The molecule has 0 aliphatic heterocycles. The first kappa shape index (κ1) is 11.3. The molecule has 0 aliphatic carbocycles. The largest absolute Gasteiger partial charge is 0.383 e. The molecule has 0 aliphatic rings. The maximum Gasteiger partial charge on any atom is 0.137 e. The Kier molecular flexibility index (Phi) is 3.67. The van der Waals surface area contributed by atoms with Crippen molar-refractivity contribution in [3.63, 3.8) is 0 Å². The van der Waals surface area contributed by atoms with Crippen LogP contribution >= 0.6 is 11.8 Å². The SMILES string of the molecule is CCCCSc1cc2ccccc2nc1N. The molecule has 0 atom stereocenters. The first-order valence-corrected chi connectivity index (χ1v) is 6.58. The number of nitrogens with two attached hydrogens (primary N) is 1. The molecule has 0 amide bonds. The first-order chi connectivity index (χ1) is 7.81. The molecule has 0 spiro atoms. The minimum Gasteiger partial charge on any atom is -0.383 e. The van der Waals surface area contributed by atoms with Crippen molar-refractivity contribution in [3.8, 4) is 0 Å². The van der Waals surface area contributed by atoms with Gasteiger partial charge in [-0.15, -0.1) is 11.8 Å². The van der Waals surface area contributed by atoms with Crippen LogP contribution in [0.4, 0.5) is 5.82 Å². The molecule has 2 aromatic rings. The van der Waals surface area contributed by atoms with Crippen LogP contribution in [-0.2, 0) is 0 Å². The van der Waals surface area contributed by atoms with Gasteiger partial charge in [0.05, 0.1) is 10.4 Å². The lowest BCUT2D eigenvalue weighted by Gasteiger charge is -2.06. The van der Waals surface area contributed by atoms with Crippen molar-refractivity contribution in [3.05, 3.63) is 30.3 Å². The van der Waals surface area contributed by atoms with Gasteiger partial charge in [-0.25, -0.2) is 4.98 Å². The molecule has 3 heteroatoms. The molecule has 2 nitrogen and oxygen atoms in total. The fourth-order valence-corrected chi connectivity index (χ4v) is 2.61. The van der Waals surface area contributed by atoms with E-state index in [4.69, 9.17) is 5.73 Å². The van der Waals surface area contributed by atoms with Crippen molar-refractivity contribution in [2.24, 2.45) is 0 Å². The fourth-order valence-electron chi connectivity index (χ4n) is 1.55. The van der Waals surface area contributed by atoms with Crippen LogP contribution in [0.1, 0.15) is 19.8 Å². The van der Waals surface area contributed by atoms with E-state index in [0.29, 0.717) is 5.82 Å². The number of unbranched alkanes of at least 4 members (excludes halogenated alkanes) is 1. The number of anilines is 1. The number of nitrogen functional groups attached to an aromatic ring is 1. The summed E-state index contributed by atoms with van der Waals surface area (Å²) in [5.74, 6) is 1.76. The van der Waals surface area contributed by atoms with Gasteiger partial charge < -0.3 is 5.73 Å². The molecule has 0 unspecified atom stereocenters. The number of para-hydroxylation sites is 1. The van der Waals surface area contributed by atoms with Crippen LogP contribution in [0.3, 0.4) is 0 Å². The predicted octanol–water partition coefficient (Wildman–Crippen LogP) is 3.71. The van der Waals surface area contributed by atoms with Gasteiger partial charge in [0, 0.05) is 5.39 Å². The van der Waals surface area contributed by atoms with Crippen LogP contribution in [0.2, 0.25) is 0 Å². The zero-order chi connectivity index (χ0) is 11.4. The van der Waals surface area contributed by atoms with Crippen molar-refractivity contribution in [2.75, 3.05) is 11.5 Å². The first-order valence-electron chi connectivity index (χ1n) is 5.59. The third-order valence-corrected chi connectivity index (χ3v) is 3.60. The Hall–Kier alpha value is -1.22. The van der Waals surface area contributed by atoms with Gasteiger partial charge in [-0.2, -0.15) is 0 Å². The number of fused-ring (bicyclic) bond motifs is 1. The van der Waals surface area contributed by atoms with Crippen LogP contribution in [0.25, 0.3) is 10.9 Å². The number of nitrogens with zero attached hydrogens (tertiary/aromatic N) is 1. The molecule has 0 fully saturated rings. The second-order valence-corrected chi connectivity index (χ2v) is 4.90. The Morgan fingerprint density at radius 3 is 2.94 bits per heavy atom. The molecule has 1 aromatic heterocycles. The summed E-state index contributed by atoms with van der Waals surface area (Å²) in [4.78, 5) is 5.52. The number of aromatic nitrogens is 1. The molecule has 1 aromatic carbocycles. The Labute approximate surface area is 100 Å². The summed E-state index contributed by atoms with van der Waals surface area (Å²) in [5, 5.41) is 1.16. The van der Waals surface area contributed by atoms with E-state index in [1.807, 2.05) is 18.2 Å². The number of hydrogen-bond donors (Lipinski definition) is 1. The van der Waals surface area contributed by atoms with E-state index in [2.05, 4.69) is 24.0 Å². The molecular weight excluding hydrogens is 216 g/mol. The summed E-state index contributed by atoms with van der Waals surface area (Å²) >= 11 is 1.80. The summed E-state index contributed by atoms with van der Waals surface area (Å²) in [7, 11) is 0. The Morgan fingerprint density at radius 1 is 1.31 bits per heavy atom. The molecule has 1 heterocycles. The molecule has 2 N–H and O–H groups in total. The number of pyridine rings is 1. The van der Waals surface area contributed by atoms with Crippen LogP contribution in [-0.4, -0.2) is 10.7 Å². The monoisotopic (exact) mass is 232 g/mol. The second-order valence-electron chi connectivity index (χ2n) is 3.77. The van der Waals surface area contributed by atoms with E-state index >= 15 is 0 Å². The third kappa shape index (κ3) is 2.47. The number of rotatable bonds is 4. The van der Waals surface area contributed by atoms with Gasteiger partial charge in [-0.1, -0.05) is 31.5 Å². The lowest BCUT2D eigenvalue weighted by Crippen LogP contribution is -1.94. The van der Waals surface area contributed by atoms with E-state index in [1.54, 1.807) is 11.8 Å². The second kappa shape index (κ2) is 5.21. The minimum atomic E-state index is 0.653. The highest BCUT2D eigenvalue weighted by Crippen LogP contribution is 2.27. The zero-order valence-corrected chi connectivity index (χ0v) is 10.3. The molecule has 16 heavy (non-hydrogen) atoms. The van der Waals surface area contributed by atoms with Crippen LogP contribution in [0, 0.1) is 0 Å². The summed E-state index contributed by atoms with van der Waals surface area (Å²) in [6.45, 7) is 2.20. The number of benzene rings is 1. The van der Waals surface area contributed by atoms with Crippen molar-refractivity contribution >= 4 is 28.5 Å². The molecule has 0 bridgehead atoms. The van der Waals surface area contributed by atoms with E-state index in [-0.39, 0.29) is 0 Å². The van der Waals surface area contributed by atoms with Crippen molar-refractivity contribution < 1.29 is 0 Å². The van der Waals surface area contributed by atoms with Gasteiger partial charge in [-0.3, -0.25) is 0 Å². The van der Waals surface area contributed by atoms with Crippen LogP contribution in [0.15, 0.2) is 35.2 Å². The molecule has 0 saturated carbocycles. The molecular formula is C13H16N2S. The zero-order valence-electron chi connectivity index (χ0n) is 9.44. The highest BCUT2D eigenvalue weighted by Gasteiger charge is 2.03. The lowest BCUT2D eigenvalue weighted by atomic mass is 10.2. The topological polar surface area (TPSA) is 38.9 Å². The van der Waals surface area contributed by atoms with Crippen LogP contribution in [0.5, 0.6) is 0 Å². The van der Waals surface area contributed by atoms with E-state index < -0.39 is 0 Å². The lowest BCUT2D eigenvalue weighted by molar-refractivity contribution is 0.896. The van der Waals surface area contributed by atoms with Gasteiger partial charge >= 0.3 is 0 Å². The highest BCUT2D eigenvalue weighted by atomic mass is 32.2. The Bertz CT molecular complexity index is 482. The summed E-state index contributed by atoms with van der Waals surface area (Å²) in [6, 6.07) is 10.2. The number of thioether (sulfide) groups is 1. The molecule has 84 valence electrons. The standard InChI is InChI=1S/C13H16N2S/c1-2-3-8-16-12-9-10-6-4-5-7-11(10)15-13(12)14/h4-7,9H,2-3,8H2,1H3,(H2,14,15). The summed E-state index contributed by atoms with van der Waals surface area (Å²) in [5.41, 5.74) is 6.91. The van der Waals surface area contributed by atoms with E-state index in [0.717, 1.165) is 21.6 Å². The van der Waals surface area contributed by atoms with Gasteiger partial charge in [-0.05, 0) is 24.3 Å². The van der Waals surface area contributed by atoms with Gasteiger partial charge in [0.25, 0.3) is 0 Å². The van der Waals surface area contributed by atoms with E-state index in [1.165, 1.54) is 12.8 Å². The molecule has 0 radical (unpaired) electrons. The van der Waals surface area contributed by atoms with Gasteiger partial charge in [0.2, 0.25) is 0 Å². The average molecular weight is 232 g/mol. The average Bonchev–Trinajstić information content (AvgIpc) is 2.30. The quantitative estimate of drug-likeness (QED) is 0.645. The summed E-state index contributed by atoms with van der Waals surface area (Å²) in [6.07, 6.45) is 2.44. The fraction of sp³-hybridized carbons (Fsp3) is 0.308. The number of hydrogen-bond acceptors (Lipinski definition) is 3. The molecule has 0 saturated heterocycles. The maximum atomic E-state index is 5.94. The summed E-state index contributed by atoms with van der Waals surface area (Å²) < 4.78 is 0. The molecule has 2 rings (SSSR count).